The van der Waals surface area contributed by atoms with Gasteiger partial charge in [-0.15, -0.1) is 0 Å². The summed E-state index contributed by atoms with van der Waals surface area (Å²) in [5, 5.41) is 9.27. The molecule has 0 aromatic heterocycles. The molecule has 2 aromatic carbocycles. The van der Waals surface area contributed by atoms with Gasteiger partial charge < -0.3 is 4.74 Å². The van der Waals surface area contributed by atoms with E-state index < -0.39 is 5.92 Å². The van der Waals surface area contributed by atoms with Gasteiger partial charge in [0.25, 0.3) is 0 Å². The van der Waals surface area contributed by atoms with E-state index in [0.29, 0.717) is 18.6 Å². The molecule has 23 heavy (non-hydrogen) atoms. The van der Waals surface area contributed by atoms with Gasteiger partial charge in [-0.1, -0.05) is 24.3 Å². The first-order valence-corrected chi connectivity index (χ1v) is 8.16. The molecule has 2 nitrogen and oxygen atoms in total. The summed E-state index contributed by atoms with van der Waals surface area (Å²) < 4.78 is 19.5. The molecule has 0 aliphatic heterocycles. The van der Waals surface area contributed by atoms with Crippen LogP contribution in [0.1, 0.15) is 41.9 Å². The molecule has 0 saturated carbocycles. The summed E-state index contributed by atoms with van der Waals surface area (Å²) in [4.78, 5) is 0. The minimum Gasteiger partial charge on any atom is -0.494 e. The van der Waals surface area contributed by atoms with Crippen LogP contribution in [-0.2, 0) is 12.8 Å². The fourth-order valence-corrected chi connectivity index (χ4v) is 3.16. The largest absolute Gasteiger partial charge is 0.494 e. The molecule has 3 heteroatoms. The van der Waals surface area contributed by atoms with Crippen molar-refractivity contribution in [3.05, 3.63) is 65.0 Å². The van der Waals surface area contributed by atoms with E-state index >= 15 is 0 Å². The number of fused-ring (bicyclic) bond motifs is 1. The maximum atomic E-state index is 13.7. The van der Waals surface area contributed by atoms with E-state index in [4.69, 9.17) is 4.74 Å². The van der Waals surface area contributed by atoms with Crippen molar-refractivity contribution in [1.82, 2.24) is 0 Å². The van der Waals surface area contributed by atoms with Crippen LogP contribution in [0.4, 0.5) is 4.39 Å². The van der Waals surface area contributed by atoms with Gasteiger partial charge in [0.05, 0.1) is 18.6 Å². The molecule has 3 rings (SSSR count). The van der Waals surface area contributed by atoms with Crippen molar-refractivity contribution >= 4 is 0 Å². The quantitative estimate of drug-likeness (QED) is 0.719. The summed E-state index contributed by atoms with van der Waals surface area (Å²) in [6, 6.07) is 15.0. The third-order valence-electron chi connectivity index (χ3n) is 4.41. The van der Waals surface area contributed by atoms with E-state index in [2.05, 4.69) is 18.2 Å². The Kier molecular flexibility index (Phi) is 4.92. The predicted octanol–water partition coefficient (Wildman–Crippen LogP) is 4.78. The number of hydrogen-bond donors (Lipinski definition) is 0. The molecule has 2 aromatic rings. The van der Waals surface area contributed by atoms with Crippen LogP contribution in [-0.4, -0.2) is 6.61 Å². The highest BCUT2D eigenvalue weighted by molar-refractivity contribution is 5.38. The van der Waals surface area contributed by atoms with E-state index in [0.717, 1.165) is 18.6 Å². The first kappa shape index (κ1) is 15.6. The smallest absolute Gasteiger partial charge is 0.127 e. The molecule has 0 N–H and O–H groups in total. The van der Waals surface area contributed by atoms with Crippen molar-refractivity contribution in [1.29, 1.82) is 5.26 Å². The Morgan fingerprint density at radius 3 is 2.78 bits per heavy atom. The molecule has 1 atom stereocenters. The fourth-order valence-electron chi connectivity index (χ4n) is 3.16. The molecular formula is C20H20FNO. The van der Waals surface area contributed by atoms with Crippen molar-refractivity contribution in [2.24, 2.45) is 0 Å². The monoisotopic (exact) mass is 309 g/mol. The third kappa shape index (κ3) is 3.71. The molecule has 1 aliphatic rings. The number of ether oxygens (including phenoxy) is 1. The Balaban J connectivity index is 1.51. The highest BCUT2D eigenvalue weighted by Gasteiger charge is 2.15. The second-order valence-electron chi connectivity index (χ2n) is 5.98. The van der Waals surface area contributed by atoms with E-state index in [1.807, 2.05) is 6.07 Å². The molecule has 118 valence electrons. The SMILES string of the molecule is N#CC(CCCOc1ccc2c(c1)CCC2)c1ccccc1F. The van der Waals surface area contributed by atoms with E-state index in [1.54, 1.807) is 18.2 Å². The molecule has 0 fully saturated rings. The van der Waals surface area contributed by atoms with Crippen molar-refractivity contribution in [2.45, 2.75) is 38.0 Å². The minimum absolute atomic E-state index is 0.307. The molecule has 0 heterocycles. The summed E-state index contributed by atoms with van der Waals surface area (Å²) in [5.74, 6) is 0.170. The molecule has 0 amide bonds. The molecule has 1 unspecified atom stereocenters. The van der Waals surface area contributed by atoms with Crippen LogP contribution in [0, 0.1) is 17.1 Å². The average molecular weight is 309 g/mol. The van der Waals surface area contributed by atoms with Gasteiger partial charge in [-0.05, 0) is 61.4 Å². The van der Waals surface area contributed by atoms with Crippen LogP contribution in [0.2, 0.25) is 0 Å². The van der Waals surface area contributed by atoms with Crippen molar-refractivity contribution in [3.63, 3.8) is 0 Å². The Morgan fingerprint density at radius 1 is 1.13 bits per heavy atom. The molecule has 0 radical (unpaired) electrons. The second-order valence-corrected chi connectivity index (χ2v) is 5.98. The van der Waals surface area contributed by atoms with Crippen molar-refractivity contribution < 1.29 is 9.13 Å². The molecule has 0 spiro atoms. The Morgan fingerprint density at radius 2 is 1.96 bits per heavy atom. The van der Waals surface area contributed by atoms with Gasteiger partial charge in [0.15, 0.2) is 0 Å². The molecular weight excluding hydrogens is 289 g/mol. The summed E-state index contributed by atoms with van der Waals surface area (Å²) in [6.07, 6.45) is 4.86. The third-order valence-corrected chi connectivity index (χ3v) is 4.41. The minimum atomic E-state index is -0.417. The van der Waals surface area contributed by atoms with Gasteiger partial charge in [-0.2, -0.15) is 5.26 Å². The standard InChI is InChI=1S/C20H20FNO/c21-20-9-2-1-8-19(20)17(14-22)7-4-12-23-18-11-10-15-5-3-6-16(15)13-18/h1-2,8-11,13,17H,3-7,12H2. The van der Waals surface area contributed by atoms with Crippen LogP contribution < -0.4 is 4.74 Å². The second kappa shape index (κ2) is 7.28. The Bertz CT molecular complexity index is 720. The van der Waals surface area contributed by atoms with E-state index in [9.17, 15) is 9.65 Å². The summed E-state index contributed by atoms with van der Waals surface area (Å²) >= 11 is 0. The van der Waals surface area contributed by atoms with Crippen molar-refractivity contribution in [2.75, 3.05) is 6.61 Å². The number of hydrogen-bond acceptors (Lipinski definition) is 2. The Labute approximate surface area is 136 Å². The lowest BCUT2D eigenvalue weighted by atomic mass is 9.95. The molecule has 1 aliphatic carbocycles. The van der Waals surface area contributed by atoms with Crippen LogP contribution in [0.25, 0.3) is 0 Å². The van der Waals surface area contributed by atoms with Gasteiger partial charge in [-0.3, -0.25) is 0 Å². The van der Waals surface area contributed by atoms with Gasteiger partial charge in [0.1, 0.15) is 11.6 Å². The van der Waals surface area contributed by atoms with Gasteiger partial charge in [-0.25, -0.2) is 4.39 Å². The van der Waals surface area contributed by atoms with E-state index in [-0.39, 0.29) is 5.82 Å². The zero-order valence-electron chi connectivity index (χ0n) is 13.1. The van der Waals surface area contributed by atoms with E-state index in [1.165, 1.54) is 30.0 Å². The maximum absolute atomic E-state index is 13.7. The topological polar surface area (TPSA) is 33.0 Å². The first-order valence-electron chi connectivity index (χ1n) is 8.16. The summed E-state index contributed by atoms with van der Waals surface area (Å²) in [5.41, 5.74) is 3.30. The average Bonchev–Trinajstić information content (AvgIpc) is 3.04. The fraction of sp³-hybridized carbons (Fsp3) is 0.350. The Hall–Kier alpha value is -2.34. The lowest BCUT2D eigenvalue weighted by Gasteiger charge is -2.11. The van der Waals surface area contributed by atoms with Crippen LogP contribution in [0.3, 0.4) is 0 Å². The number of rotatable bonds is 6. The molecule has 0 bridgehead atoms. The van der Waals surface area contributed by atoms with Gasteiger partial charge >= 0.3 is 0 Å². The number of nitriles is 1. The van der Waals surface area contributed by atoms with Gasteiger partial charge in [0, 0.05) is 5.56 Å². The highest BCUT2D eigenvalue weighted by Crippen LogP contribution is 2.27. The summed E-state index contributed by atoms with van der Waals surface area (Å²) in [7, 11) is 0. The lowest BCUT2D eigenvalue weighted by molar-refractivity contribution is 0.304. The zero-order valence-corrected chi connectivity index (χ0v) is 13.1. The highest BCUT2D eigenvalue weighted by atomic mass is 19.1. The maximum Gasteiger partial charge on any atom is 0.127 e. The van der Waals surface area contributed by atoms with Crippen LogP contribution >= 0.6 is 0 Å². The normalized spacial score (nSPS) is 14.1. The first-order chi connectivity index (χ1) is 11.3. The van der Waals surface area contributed by atoms with Crippen LogP contribution in [0.5, 0.6) is 5.75 Å². The van der Waals surface area contributed by atoms with Gasteiger partial charge in [0.2, 0.25) is 0 Å². The number of aryl methyl sites for hydroxylation is 2. The lowest BCUT2D eigenvalue weighted by Crippen LogP contribution is -2.04. The number of benzene rings is 2. The number of nitrogens with zero attached hydrogens (tertiary/aromatic N) is 1. The molecule has 0 saturated heterocycles. The predicted molar refractivity (Wildman–Crippen MR) is 88.0 cm³/mol. The number of halogens is 1. The van der Waals surface area contributed by atoms with Crippen LogP contribution in [0.15, 0.2) is 42.5 Å². The van der Waals surface area contributed by atoms with Crippen molar-refractivity contribution in [3.8, 4) is 11.8 Å². The summed E-state index contributed by atoms with van der Waals surface area (Å²) in [6.45, 7) is 0.547. The zero-order chi connectivity index (χ0) is 16.1.